The summed E-state index contributed by atoms with van der Waals surface area (Å²) in [5, 5.41) is 0. The van der Waals surface area contributed by atoms with Gasteiger partial charge in [0.2, 0.25) is 5.91 Å². The molecule has 1 saturated heterocycles. The zero-order valence-corrected chi connectivity index (χ0v) is 9.93. The summed E-state index contributed by atoms with van der Waals surface area (Å²) in [5.74, 6) is 0.485. The van der Waals surface area contributed by atoms with Gasteiger partial charge in [-0.05, 0) is 30.4 Å². The molecule has 17 heavy (non-hydrogen) atoms. The average Bonchev–Trinajstić information content (AvgIpc) is 2.33. The molecule has 1 heterocycles. The number of nitrogens with zero attached hydrogens (tertiary/aromatic N) is 1. The Kier molecular flexibility index (Phi) is 2.63. The summed E-state index contributed by atoms with van der Waals surface area (Å²) in [5.41, 5.74) is 8.48. The number of hydrogen-bond donors (Lipinski definition) is 1. The third kappa shape index (κ3) is 1.95. The highest BCUT2D eigenvalue weighted by atomic mass is 16.2. The molecule has 1 unspecified atom stereocenters. The summed E-state index contributed by atoms with van der Waals surface area (Å²) in [4.78, 5) is 14.1. The van der Waals surface area contributed by atoms with Crippen molar-refractivity contribution in [3.63, 3.8) is 0 Å². The molecule has 1 aromatic carbocycles. The molecule has 1 amide bonds. The third-order valence-corrected chi connectivity index (χ3v) is 3.92. The molecule has 90 valence electrons. The van der Waals surface area contributed by atoms with Crippen LogP contribution in [0.2, 0.25) is 0 Å². The first kappa shape index (κ1) is 10.8. The number of likely N-dealkylation sites (tertiary alicyclic amines) is 1. The van der Waals surface area contributed by atoms with Crippen molar-refractivity contribution in [2.45, 2.75) is 25.3 Å². The number of aryl methyl sites for hydroxylation is 1. The Morgan fingerprint density at radius 3 is 2.65 bits per heavy atom. The van der Waals surface area contributed by atoms with Crippen LogP contribution in [0.4, 0.5) is 0 Å². The van der Waals surface area contributed by atoms with Gasteiger partial charge in [0.1, 0.15) is 0 Å². The Balaban J connectivity index is 1.69. The zero-order chi connectivity index (χ0) is 11.8. The summed E-state index contributed by atoms with van der Waals surface area (Å²) in [7, 11) is 0. The SMILES string of the molecule is NC1CN(C(=O)C2CCc3ccccc3C2)C1. The van der Waals surface area contributed by atoms with Crippen molar-refractivity contribution in [1.82, 2.24) is 4.90 Å². The maximum absolute atomic E-state index is 12.2. The fourth-order valence-electron chi connectivity index (χ4n) is 2.86. The lowest BCUT2D eigenvalue weighted by atomic mass is 9.82. The molecule has 1 aromatic rings. The van der Waals surface area contributed by atoms with Crippen molar-refractivity contribution in [2.24, 2.45) is 11.7 Å². The number of carbonyl (C=O) groups excluding carboxylic acids is 1. The molecule has 1 fully saturated rings. The Labute approximate surface area is 102 Å². The largest absolute Gasteiger partial charge is 0.339 e. The van der Waals surface area contributed by atoms with E-state index in [1.165, 1.54) is 11.1 Å². The molecule has 3 heteroatoms. The van der Waals surface area contributed by atoms with E-state index in [2.05, 4.69) is 24.3 Å². The highest BCUT2D eigenvalue weighted by Crippen LogP contribution is 2.27. The fraction of sp³-hybridized carbons (Fsp3) is 0.500. The van der Waals surface area contributed by atoms with Crippen LogP contribution in [-0.2, 0) is 17.6 Å². The number of benzene rings is 1. The summed E-state index contributed by atoms with van der Waals surface area (Å²) in [6.07, 6.45) is 2.93. The van der Waals surface area contributed by atoms with Gasteiger partial charge in [0.25, 0.3) is 0 Å². The van der Waals surface area contributed by atoms with Gasteiger partial charge >= 0.3 is 0 Å². The number of carbonyl (C=O) groups is 1. The van der Waals surface area contributed by atoms with E-state index in [-0.39, 0.29) is 12.0 Å². The molecule has 1 aliphatic carbocycles. The molecule has 1 atom stereocenters. The second-order valence-electron chi connectivity index (χ2n) is 5.21. The van der Waals surface area contributed by atoms with Gasteiger partial charge in [0.05, 0.1) is 0 Å². The molecule has 0 aromatic heterocycles. The zero-order valence-electron chi connectivity index (χ0n) is 9.93. The van der Waals surface area contributed by atoms with Crippen LogP contribution in [0, 0.1) is 5.92 Å². The van der Waals surface area contributed by atoms with E-state index in [0.717, 1.165) is 32.4 Å². The van der Waals surface area contributed by atoms with Crippen molar-refractivity contribution in [3.05, 3.63) is 35.4 Å². The van der Waals surface area contributed by atoms with Gasteiger partial charge < -0.3 is 10.6 Å². The first-order valence-electron chi connectivity index (χ1n) is 6.35. The minimum atomic E-state index is 0.178. The number of amides is 1. The Morgan fingerprint density at radius 1 is 1.24 bits per heavy atom. The van der Waals surface area contributed by atoms with Crippen LogP contribution in [0.25, 0.3) is 0 Å². The molecule has 3 nitrogen and oxygen atoms in total. The smallest absolute Gasteiger partial charge is 0.226 e. The van der Waals surface area contributed by atoms with Gasteiger partial charge in [-0.25, -0.2) is 0 Å². The molecule has 3 rings (SSSR count). The molecule has 0 spiro atoms. The van der Waals surface area contributed by atoms with Gasteiger partial charge in [-0.3, -0.25) is 4.79 Å². The van der Waals surface area contributed by atoms with Gasteiger partial charge in [-0.1, -0.05) is 24.3 Å². The maximum atomic E-state index is 12.2. The summed E-state index contributed by atoms with van der Waals surface area (Å²) in [6, 6.07) is 8.67. The predicted octanol–water partition coefficient (Wildman–Crippen LogP) is 0.961. The number of nitrogens with two attached hydrogens (primary N) is 1. The van der Waals surface area contributed by atoms with Gasteiger partial charge in [-0.2, -0.15) is 0 Å². The standard InChI is InChI=1S/C14H18N2O/c15-13-8-16(9-13)14(17)12-6-5-10-3-1-2-4-11(10)7-12/h1-4,12-13H,5-9,15H2. The molecule has 0 saturated carbocycles. The number of rotatable bonds is 1. The molecule has 0 radical (unpaired) electrons. The normalized spacial score (nSPS) is 24.1. The molecule has 2 N–H and O–H groups in total. The van der Waals surface area contributed by atoms with Crippen molar-refractivity contribution < 1.29 is 4.79 Å². The van der Waals surface area contributed by atoms with Gasteiger partial charge in [0.15, 0.2) is 0 Å². The van der Waals surface area contributed by atoms with Crippen LogP contribution in [-0.4, -0.2) is 29.9 Å². The minimum Gasteiger partial charge on any atom is -0.339 e. The first-order chi connectivity index (χ1) is 8.24. The lowest BCUT2D eigenvalue weighted by Gasteiger charge is -2.40. The fourth-order valence-corrected chi connectivity index (χ4v) is 2.86. The highest BCUT2D eigenvalue weighted by Gasteiger charge is 2.33. The molecular weight excluding hydrogens is 212 g/mol. The molecule has 2 aliphatic rings. The summed E-state index contributed by atoms with van der Waals surface area (Å²) in [6.45, 7) is 1.49. The van der Waals surface area contributed by atoms with Crippen LogP contribution in [0.1, 0.15) is 17.5 Å². The van der Waals surface area contributed by atoms with Crippen LogP contribution in [0.3, 0.4) is 0 Å². The van der Waals surface area contributed by atoms with Crippen LogP contribution < -0.4 is 5.73 Å². The highest BCUT2D eigenvalue weighted by molar-refractivity contribution is 5.80. The Bertz CT molecular complexity index is 438. The summed E-state index contributed by atoms with van der Waals surface area (Å²) < 4.78 is 0. The predicted molar refractivity (Wildman–Crippen MR) is 66.5 cm³/mol. The van der Waals surface area contributed by atoms with E-state index >= 15 is 0 Å². The van der Waals surface area contributed by atoms with E-state index in [1.807, 2.05) is 4.90 Å². The van der Waals surface area contributed by atoms with Crippen LogP contribution in [0.5, 0.6) is 0 Å². The average molecular weight is 230 g/mol. The monoisotopic (exact) mass is 230 g/mol. The van der Waals surface area contributed by atoms with Gasteiger partial charge in [-0.15, -0.1) is 0 Å². The van der Waals surface area contributed by atoms with E-state index in [0.29, 0.717) is 5.91 Å². The van der Waals surface area contributed by atoms with Crippen LogP contribution >= 0.6 is 0 Å². The molecular formula is C14H18N2O. The second kappa shape index (κ2) is 4.15. The quantitative estimate of drug-likeness (QED) is 0.781. The van der Waals surface area contributed by atoms with Gasteiger partial charge in [0, 0.05) is 25.0 Å². The van der Waals surface area contributed by atoms with E-state index < -0.39 is 0 Å². The van der Waals surface area contributed by atoms with Crippen molar-refractivity contribution >= 4 is 5.91 Å². The summed E-state index contributed by atoms with van der Waals surface area (Å²) >= 11 is 0. The van der Waals surface area contributed by atoms with E-state index in [1.54, 1.807) is 0 Å². The van der Waals surface area contributed by atoms with Crippen molar-refractivity contribution in [1.29, 1.82) is 0 Å². The third-order valence-electron chi connectivity index (χ3n) is 3.92. The number of fused-ring (bicyclic) bond motifs is 1. The van der Waals surface area contributed by atoms with E-state index in [9.17, 15) is 4.79 Å². The Morgan fingerprint density at radius 2 is 1.94 bits per heavy atom. The molecule has 0 bridgehead atoms. The van der Waals surface area contributed by atoms with Crippen LogP contribution in [0.15, 0.2) is 24.3 Å². The maximum Gasteiger partial charge on any atom is 0.226 e. The van der Waals surface area contributed by atoms with Crippen molar-refractivity contribution in [3.8, 4) is 0 Å². The lowest BCUT2D eigenvalue weighted by molar-refractivity contribution is -0.140. The van der Waals surface area contributed by atoms with Crippen molar-refractivity contribution in [2.75, 3.05) is 13.1 Å². The molecule has 1 aliphatic heterocycles. The minimum absolute atomic E-state index is 0.178. The lowest BCUT2D eigenvalue weighted by Crippen LogP contribution is -2.59. The topological polar surface area (TPSA) is 46.3 Å². The number of hydrogen-bond acceptors (Lipinski definition) is 2. The van der Waals surface area contributed by atoms with E-state index in [4.69, 9.17) is 5.73 Å². The first-order valence-corrected chi connectivity index (χ1v) is 6.35. The second-order valence-corrected chi connectivity index (χ2v) is 5.21. The Hall–Kier alpha value is -1.35.